The Morgan fingerprint density at radius 3 is 2.46 bits per heavy atom. The summed E-state index contributed by atoms with van der Waals surface area (Å²) in [6.07, 6.45) is 2.89. The third-order valence-corrected chi connectivity index (χ3v) is 2.74. The van der Waals surface area contributed by atoms with E-state index in [2.05, 4.69) is 11.8 Å². The average molecular weight is 187 g/mol. The van der Waals surface area contributed by atoms with Crippen LogP contribution in [0.25, 0.3) is 0 Å². The molecule has 0 atom stereocenters. The summed E-state index contributed by atoms with van der Waals surface area (Å²) in [5.74, 6) is 0. The number of likely N-dealkylation sites (tertiary alicyclic amines) is 1. The lowest BCUT2D eigenvalue weighted by molar-refractivity contribution is -0.0706. The molecule has 0 radical (unpaired) electrons. The van der Waals surface area contributed by atoms with Crippen LogP contribution in [0.15, 0.2) is 0 Å². The highest BCUT2D eigenvalue weighted by Crippen LogP contribution is 2.22. The van der Waals surface area contributed by atoms with E-state index in [1.807, 2.05) is 0 Å². The third kappa shape index (κ3) is 3.25. The van der Waals surface area contributed by atoms with E-state index in [1.165, 1.54) is 6.42 Å². The van der Waals surface area contributed by atoms with Crippen molar-refractivity contribution in [3.63, 3.8) is 0 Å². The maximum atomic E-state index is 10.0. The van der Waals surface area contributed by atoms with Crippen LogP contribution in [0.1, 0.15) is 26.2 Å². The Labute approximate surface area is 80.7 Å². The Morgan fingerprint density at radius 2 is 2.00 bits per heavy atom. The van der Waals surface area contributed by atoms with Gasteiger partial charge in [0, 0.05) is 20.2 Å². The lowest BCUT2D eigenvalue weighted by Gasteiger charge is -2.37. The average Bonchev–Trinajstić information content (AvgIpc) is 2.10. The van der Waals surface area contributed by atoms with Gasteiger partial charge in [-0.25, -0.2) is 0 Å². The molecule has 1 saturated heterocycles. The zero-order valence-corrected chi connectivity index (χ0v) is 8.75. The second-order valence-electron chi connectivity index (χ2n) is 4.00. The van der Waals surface area contributed by atoms with Gasteiger partial charge in [-0.15, -0.1) is 0 Å². The Hall–Kier alpha value is -0.120. The van der Waals surface area contributed by atoms with Crippen LogP contribution in [-0.4, -0.2) is 49.0 Å². The summed E-state index contributed by atoms with van der Waals surface area (Å²) < 4.78 is 5.01. The topological polar surface area (TPSA) is 32.7 Å². The fourth-order valence-corrected chi connectivity index (χ4v) is 1.92. The molecule has 0 aromatic rings. The number of methoxy groups -OCH3 is 1. The maximum absolute atomic E-state index is 10.0. The monoisotopic (exact) mass is 187 g/mol. The molecule has 1 heterocycles. The van der Waals surface area contributed by atoms with E-state index in [0.717, 1.165) is 32.5 Å². The van der Waals surface area contributed by atoms with Crippen molar-refractivity contribution in [3.8, 4) is 0 Å². The molecule has 3 nitrogen and oxygen atoms in total. The Morgan fingerprint density at radius 1 is 1.38 bits per heavy atom. The number of nitrogens with zero attached hydrogens (tertiary/aromatic N) is 1. The molecule has 1 N–H and O–H groups in total. The molecule has 13 heavy (non-hydrogen) atoms. The highest BCUT2D eigenvalue weighted by atomic mass is 16.5. The van der Waals surface area contributed by atoms with E-state index < -0.39 is 5.60 Å². The van der Waals surface area contributed by atoms with Crippen LogP contribution >= 0.6 is 0 Å². The normalized spacial score (nSPS) is 23.3. The van der Waals surface area contributed by atoms with E-state index in [-0.39, 0.29) is 0 Å². The molecule has 1 rings (SSSR count). The number of hydrogen-bond acceptors (Lipinski definition) is 3. The van der Waals surface area contributed by atoms with Crippen LogP contribution < -0.4 is 0 Å². The number of aliphatic hydroxyl groups is 1. The molecule has 3 heteroatoms. The molecule has 0 aromatic carbocycles. The number of ether oxygens (including phenoxy) is 1. The van der Waals surface area contributed by atoms with Gasteiger partial charge in [0.15, 0.2) is 0 Å². The number of rotatable bonds is 4. The second kappa shape index (κ2) is 4.94. The molecule has 0 aliphatic carbocycles. The fourth-order valence-electron chi connectivity index (χ4n) is 1.92. The van der Waals surface area contributed by atoms with Crippen LogP contribution in [0.2, 0.25) is 0 Å². The van der Waals surface area contributed by atoms with E-state index >= 15 is 0 Å². The second-order valence-corrected chi connectivity index (χ2v) is 4.00. The summed E-state index contributed by atoms with van der Waals surface area (Å²) in [7, 11) is 1.65. The smallest absolute Gasteiger partial charge is 0.0904 e. The van der Waals surface area contributed by atoms with Crippen molar-refractivity contribution in [2.24, 2.45) is 0 Å². The summed E-state index contributed by atoms with van der Waals surface area (Å²) in [5, 5.41) is 10.0. The van der Waals surface area contributed by atoms with Gasteiger partial charge >= 0.3 is 0 Å². The highest BCUT2D eigenvalue weighted by Gasteiger charge is 2.31. The predicted octanol–water partition coefficient (Wildman–Crippen LogP) is 0.870. The first-order valence-electron chi connectivity index (χ1n) is 5.14. The fraction of sp³-hybridized carbons (Fsp3) is 1.00. The van der Waals surface area contributed by atoms with E-state index in [4.69, 9.17) is 4.74 Å². The lowest BCUT2D eigenvalue weighted by atomic mass is 9.92. The molecular formula is C10H21NO2. The van der Waals surface area contributed by atoms with Crippen molar-refractivity contribution in [1.82, 2.24) is 4.90 Å². The van der Waals surface area contributed by atoms with Crippen LogP contribution in [0.3, 0.4) is 0 Å². The first kappa shape index (κ1) is 11.0. The quantitative estimate of drug-likeness (QED) is 0.709. The largest absolute Gasteiger partial charge is 0.387 e. The molecule has 0 saturated carbocycles. The summed E-state index contributed by atoms with van der Waals surface area (Å²) in [6, 6.07) is 0. The summed E-state index contributed by atoms with van der Waals surface area (Å²) >= 11 is 0. The minimum Gasteiger partial charge on any atom is -0.387 e. The van der Waals surface area contributed by atoms with E-state index in [0.29, 0.717) is 6.61 Å². The molecule has 1 aliphatic rings. The first-order chi connectivity index (χ1) is 6.20. The van der Waals surface area contributed by atoms with Gasteiger partial charge in [-0.05, 0) is 25.8 Å². The predicted molar refractivity (Wildman–Crippen MR) is 52.8 cm³/mol. The van der Waals surface area contributed by atoms with Gasteiger partial charge in [-0.3, -0.25) is 0 Å². The zero-order valence-electron chi connectivity index (χ0n) is 8.75. The van der Waals surface area contributed by atoms with E-state index in [9.17, 15) is 5.11 Å². The number of hydrogen-bond donors (Lipinski definition) is 1. The van der Waals surface area contributed by atoms with Gasteiger partial charge in [-0.2, -0.15) is 0 Å². The molecule has 1 aliphatic heterocycles. The summed E-state index contributed by atoms with van der Waals surface area (Å²) in [6.45, 7) is 5.84. The molecule has 1 fully saturated rings. The molecular weight excluding hydrogens is 166 g/mol. The van der Waals surface area contributed by atoms with Gasteiger partial charge < -0.3 is 14.7 Å². The van der Waals surface area contributed by atoms with Crippen LogP contribution in [-0.2, 0) is 4.74 Å². The van der Waals surface area contributed by atoms with Crippen molar-refractivity contribution >= 4 is 0 Å². The first-order valence-corrected chi connectivity index (χ1v) is 5.14. The molecule has 78 valence electrons. The minimum atomic E-state index is -0.557. The standard InChI is InChI=1S/C10H21NO2/c1-3-6-11-7-4-10(12,5-8-11)9-13-2/h12H,3-9H2,1-2H3. The van der Waals surface area contributed by atoms with Crippen molar-refractivity contribution in [3.05, 3.63) is 0 Å². The summed E-state index contributed by atoms with van der Waals surface area (Å²) in [4.78, 5) is 2.41. The minimum absolute atomic E-state index is 0.479. The van der Waals surface area contributed by atoms with Crippen LogP contribution in [0.5, 0.6) is 0 Å². The van der Waals surface area contributed by atoms with Crippen molar-refractivity contribution in [1.29, 1.82) is 0 Å². The summed E-state index contributed by atoms with van der Waals surface area (Å²) in [5.41, 5.74) is -0.557. The highest BCUT2D eigenvalue weighted by molar-refractivity contribution is 4.85. The van der Waals surface area contributed by atoms with Crippen molar-refractivity contribution in [2.45, 2.75) is 31.8 Å². The zero-order chi connectivity index (χ0) is 9.73. The third-order valence-electron chi connectivity index (χ3n) is 2.74. The van der Waals surface area contributed by atoms with Crippen molar-refractivity contribution in [2.75, 3.05) is 33.4 Å². The Kier molecular flexibility index (Phi) is 4.16. The van der Waals surface area contributed by atoms with Gasteiger partial charge in [0.05, 0.1) is 12.2 Å². The Balaban J connectivity index is 2.28. The molecule has 0 bridgehead atoms. The van der Waals surface area contributed by atoms with Crippen LogP contribution in [0, 0.1) is 0 Å². The van der Waals surface area contributed by atoms with Gasteiger partial charge in [0.1, 0.15) is 0 Å². The SMILES string of the molecule is CCCN1CCC(O)(COC)CC1. The molecule has 0 spiro atoms. The molecule has 0 aromatic heterocycles. The van der Waals surface area contributed by atoms with Crippen LogP contribution in [0.4, 0.5) is 0 Å². The molecule has 0 amide bonds. The molecule has 0 unspecified atom stereocenters. The Bertz CT molecular complexity index is 142. The number of piperidine rings is 1. The van der Waals surface area contributed by atoms with Crippen molar-refractivity contribution < 1.29 is 9.84 Å². The van der Waals surface area contributed by atoms with Gasteiger partial charge in [0.2, 0.25) is 0 Å². The van der Waals surface area contributed by atoms with Gasteiger partial charge in [0.25, 0.3) is 0 Å². The van der Waals surface area contributed by atoms with E-state index in [1.54, 1.807) is 7.11 Å². The lowest BCUT2D eigenvalue weighted by Crippen LogP contribution is -2.47. The maximum Gasteiger partial charge on any atom is 0.0904 e. The van der Waals surface area contributed by atoms with Gasteiger partial charge in [-0.1, -0.05) is 6.92 Å².